The van der Waals surface area contributed by atoms with Crippen LogP contribution in [0.15, 0.2) is 42.5 Å². The summed E-state index contributed by atoms with van der Waals surface area (Å²) < 4.78 is 13.7. The summed E-state index contributed by atoms with van der Waals surface area (Å²) >= 11 is 0. The van der Waals surface area contributed by atoms with E-state index in [-0.39, 0.29) is 23.3 Å². The van der Waals surface area contributed by atoms with Gasteiger partial charge in [0, 0.05) is 41.8 Å². The molecule has 0 fully saturated rings. The molecule has 0 spiro atoms. The summed E-state index contributed by atoms with van der Waals surface area (Å²) in [6.45, 7) is 11.1. The number of benzene rings is 2. The number of carbonyl (C=O) groups excluding carboxylic acids is 2. The first-order valence-electron chi connectivity index (χ1n) is 13.4. The number of halogens is 1. The zero-order valence-electron chi connectivity index (χ0n) is 23.9. The van der Waals surface area contributed by atoms with E-state index in [4.69, 9.17) is 15.3 Å². The van der Waals surface area contributed by atoms with Crippen LogP contribution in [0, 0.1) is 19.7 Å². The Kier molecular flexibility index (Phi) is 10.6. The molecule has 11 heteroatoms. The molecule has 4 rings (SSSR count). The molecular formula is C31H35FN4O6. The van der Waals surface area contributed by atoms with Crippen LogP contribution in [0.25, 0.3) is 17.7 Å². The van der Waals surface area contributed by atoms with E-state index >= 15 is 0 Å². The fraction of sp³-hybridized carbons (Fsp3) is 0.258. The number of carboxylic acids is 1. The number of rotatable bonds is 9. The monoisotopic (exact) mass is 578 g/mol. The Morgan fingerprint density at radius 1 is 1.05 bits per heavy atom. The Hall–Kier alpha value is -4.90. The van der Waals surface area contributed by atoms with Crippen LogP contribution in [-0.2, 0) is 9.59 Å². The first kappa shape index (κ1) is 31.6. The maximum absolute atomic E-state index is 13.7. The van der Waals surface area contributed by atoms with E-state index in [2.05, 4.69) is 34.4 Å². The average molecular weight is 579 g/mol. The maximum Gasteiger partial charge on any atom is 0.328 e. The molecule has 0 atom stereocenters. The molecule has 2 amide bonds. The second-order valence-corrected chi connectivity index (χ2v) is 9.57. The Morgan fingerprint density at radius 3 is 2.40 bits per heavy atom. The van der Waals surface area contributed by atoms with Gasteiger partial charge in [-0.25, -0.2) is 9.18 Å². The molecular weight excluding hydrogens is 543 g/mol. The number of nitrogens with one attached hydrogen (secondary N) is 3. The predicted molar refractivity (Wildman–Crippen MR) is 160 cm³/mol. The molecule has 1 aliphatic rings. The van der Waals surface area contributed by atoms with Crippen molar-refractivity contribution >= 4 is 41.2 Å². The molecule has 3 aromatic rings. The van der Waals surface area contributed by atoms with Gasteiger partial charge in [-0.2, -0.15) is 0 Å². The van der Waals surface area contributed by atoms with Crippen molar-refractivity contribution < 1.29 is 34.1 Å². The van der Waals surface area contributed by atoms with E-state index in [1.807, 2.05) is 13.8 Å². The number of H-pyrrole nitrogens is 1. The number of carboxylic acid groups (broad SMARTS) is 1. The summed E-state index contributed by atoms with van der Waals surface area (Å²) in [7, 11) is 0. The number of fused-ring (bicyclic) bond motifs is 1. The lowest BCUT2D eigenvalue weighted by Crippen LogP contribution is -2.35. The van der Waals surface area contributed by atoms with E-state index < -0.39 is 11.8 Å². The van der Waals surface area contributed by atoms with Gasteiger partial charge in [0.05, 0.1) is 11.1 Å². The minimum atomic E-state index is -1.06. The zero-order valence-corrected chi connectivity index (χ0v) is 23.9. The molecule has 1 aromatic heterocycles. The highest BCUT2D eigenvalue weighted by molar-refractivity contribution is 6.34. The lowest BCUT2D eigenvalue weighted by Gasteiger charge is -2.18. The Bertz CT molecular complexity index is 1540. The van der Waals surface area contributed by atoms with Crippen molar-refractivity contribution in [2.45, 2.75) is 27.7 Å². The molecule has 222 valence electrons. The molecule has 0 saturated carbocycles. The summed E-state index contributed by atoms with van der Waals surface area (Å²) in [5, 5.41) is 32.0. The average Bonchev–Trinajstić information content (AvgIpc) is 3.41. The number of nitrogens with zero attached hydrogens (tertiary/aromatic N) is 1. The summed E-state index contributed by atoms with van der Waals surface area (Å²) in [5.41, 5.74) is 4.72. The number of phenolic OH excluding ortho intramolecular Hbond substituents is 2. The van der Waals surface area contributed by atoms with Gasteiger partial charge in [-0.15, -0.1) is 0 Å². The van der Waals surface area contributed by atoms with Gasteiger partial charge in [-0.05, 0) is 80.5 Å². The normalized spacial score (nSPS) is 13.2. The summed E-state index contributed by atoms with van der Waals surface area (Å²) in [6, 6.07) is 8.25. The van der Waals surface area contributed by atoms with E-state index in [1.165, 1.54) is 36.4 Å². The van der Waals surface area contributed by atoms with E-state index in [1.54, 1.807) is 12.1 Å². The molecule has 42 heavy (non-hydrogen) atoms. The SMILES string of the molecule is CCN(CC)CCNC(=O)c1c(C)[nH]c(/C=C2\C(=O)Nc3ccc(F)cc32)c1C.O=C(O)/C=C/c1ccc(O)c(O)c1. The maximum atomic E-state index is 13.7. The number of hydrogen-bond donors (Lipinski definition) is 6. The van der Waals surface area contributed by atoms with Crippen LogP contribution in [0.5, 0.6) is 11.5 Å². The number of aryl methyl sites for hydroxylation is 1. The number of hydrogen-bond acceptors (Lipinski definition) is 6. The molecule has 0 bridgehead atoms. The van der Waals surface area contributed by atoms with Gasteiger partial charge in [0.1, 0.15) is 5.82 Å². The number of aromatic hydroxyl groups is 2. The van der Waals surface area contributed by atoms with Gasteiger partial charge in [-0.1, -0.05) is 19.9 Å². The van der Waals surface area contributed by atoms with Gasteiger partial charge in [0.15, 0.2) is 11.5 Å². The largest absolute Gasteiger partial charge is 0.504 e. The number of aliphatic carboxylic acids is 1. The number of likely N-dealkylation sites (N-methyl/N-ethyl adjacent to an activating group) is 1. The van der Waals surface area contributed by atoms with Gasteiger partial charge < -0.3 is 35.8 Å². The second-order valence-electron chi connectivity index (χ2n) is 9.57. The van der Waals surface area contributed by atoms with Crippen molar-refractivity contribution in [2.75, 3.05) is 31.5 Å². The molecule has 2 heterocycles. The first-order chi connectivity index (χ1) is 19.9. The topological polar surface area (TPSA) is 155 Å². The Balaban J connectivity index is 0.000000312. The van der Waals surface area contributed by atoms with Crippen molar-refractivity contribution in [3.05, 3.63) is 81.9 Å². The van der Waals surface area contributed by atoms with E-state index in [9.17, 15) is 18.8 Å². The first-order valence-corrected chi connectivity index (χ1v) is 13.4. The second kappa shape index (κ2) is 14.1. The molecule has 6 N–H and O–H groups in total. The van der Waals surface area contributed by atoms with Crippen molar-refractivity contribution in [2.24, 2.45) is 0 Å². The van der Waals surface area contributed by atoms with Crippen LogP contribution >= 0.6 is 0 Å². The quantitative estimate of drug-likeness (QED) is 0.161. The van der Waals surface area contributed by atoms with Crippen LogP contribution in [0.3, 0.4) is 0 Å². The molecule has 0 aliphatic carbocycles. The summed E-state index contributed by atoms with van der Waals surface area (Å²) in [5.74, 6) is -2.40. The van der Waals surface area contributed by atoms with Crippen LogP contribution in [0.4, 0.5) is 10.1 Å². The third kappa shape index (κ3) is 7.85. The van der Waals surface area contributed by atoms with Gasteiger partial charge in [-0.3, -0.25) is 9.59 Å². The number of carbonyl (C=O) groups is 3. The standard InChI is InChI=1S/C22H27FN4O2.C9H8O4/c1-5-27(6-2)10-9-24-22(29)20-13(3)19(25-14(20)4)12-17-16-11-15(23)7-8-18(16)26-21(17)28;10-7-3-1-6(5-8(7)11)2-4-9(12)13/h7-8,11-12,25H,5-6,9-10H2,1-4H3,(H,24,29)(H,26,28);1-5,10-11H,(H,12,13)/b17-12-;4-2+. The zero-order chi connectivity index (χ0) is 31.0. The van der Waals surface area contributed by atoms with E-state index in [0.29, 0.717) is 40.2 Å². The molecule has 10 nitrogen and oxygen atoms in total. The highest BCUT2D eigenvalue weighted by atomic mass is 19.1. The van der Waals surface area contributed by atoms with Crippen LogP contribution in [-0.4, -0.2) is 69.2 Å². The number of anilines is 1. The van der Waals surface area contributed by atoms with Gasteiger partial charge in [0.2, 0.25) is 0 Å². The highest BCUT2D eigenvalue weighted by Crippen LogP contribution is 2.34. The summed E-state index contributed by atoms with van der Waals surface area (Å²) in [4.78, 5) is 40.6. The van der Waals surface area contributed by atoms with Crippen molar-refractivity contribution in [1.82, 2.24) is 15.2 Å². The molecule has 0 radical (unpaired) electrons. The Morgan fingerprint density at radius 2 is 1.76 bits per heavy atom. The van der Waals surface area contributed by atoms with Gasteiger partial charge >= 0.3 is 5.97 Å². The predicted octanol–water partition coefficient (Wildman–Crippen LogP) is 4.53. The van der Waals surface area contributed by atoms with Crippen molar-refractivity contribution in [1.29, 1.82) is 0 Å². The molecule has 0 saturated heterocycles. The third-order valence-electron chi connectivity index (χ3n) is 6.78. The Labute approximate surface area is 243 Å². The van der Waals surface area contributed by atoms with Crippen LogP contribution < -0.4 is 10.6 Å². The van der Waals surface area contributed by atoms with E-state index in [0.717, 1.165) is 37.0 Å². The smallest absolute Gasteiger partial charge is 0.328 e. The fourth-order valence-electron chi connectivity index (χ4n) is 4.47. The lowest BCUT2D eigenvalue weighted by atomic mass is 10.0. The highest BCUT2D eigenvalue weighted by Gasteiger charge is 2.26. The van der Waals surface area contributed by atoms with Crippen LogP contribution in [0.2, 0.25) is 0 Å². The number of aromatic nitrogens is 1. The van der Waals surface area contributed by atoms with Gasteiger partial charge in [0.25, 0.3) is 11.8 Å². The summed E-state index contributed by atoms with van der Waals surface area (Å²) in [6.07, 6.45) is 3.95. The molecule has 0 unspecified atom stereocenters. The molecule has 1 aliphatic heterocycles. The minimum Gasteiger partial charge on any atom is -0.504 e. The fourth-order valence-corrected chi connectivity index (χ4v) is 4.47. The number of aromatic amines is 1. The number of phenols is 2. The molecule has 2 aromatic carbocycles. The van der Waals surface area contributed by atoms with Crippen molar-refractivity contribution in [3.63, 3.8) is 0 Å². The van der Waals surface area contributed by atoms with Crippen LogP contribution in [0.1, 0.15) is 52.3 Å². The lowest BCUT2D eigenvalue weighted by molar-refractivity contribution is -0.131. The van der Waals surface area contributed by atoms with Crippen molar-refractivity contribution in [3.8, 4) is 11.5 Å². The number of amides is 2. The third-order valence-corrected chi connectivity index (χ3v) is 6.78. The minimum absolute atomic E-state index is 0.143.